The highest BCUT2D eigenvalue weighted by Gasteiger charge is 2.12. The van der Waals surface area contributed by atoms with E-state index in [0.29, 0.717) is 0 Å². The van der Waals surface area contributed by atoms with Crippen LogP contribution in [-0.2, 0) is 6.54 Å². The summed E-state index contributed by atoms with van der Waals surface area (Å²) in [6.07, 6.45) is 2.08. The van der Waals surface area contributed by atoms with Crippen molar-refractivity contribution < 1.29 is 4.74 Å². The molecule has 1 rings (SSSR count). The Hall–Kier alpha value is -0.740. The van der Waals surface area contributed by atoms with Crippen molar-refractivity contribution >= 4 is 11.8 Å². The fraction of sp³-hybridized carbons (Fsp3) is 0.643. The van der Waals surface area contributed by atoms with Crippen LogP contribution >= 0.6 is 11.8 Å². The van der Waals surface area contributed by atoms with Gasteiger partial charge in [0.2, 0.25) is 0 Å². The Morgan fingerprint density at radius 3 is 2.67 bits per heavy atom. The van der Waals surface area contributed by atoms with Gasteiger partial charge in [-0.2, -0.15) is 11.8 Å². The van der Waals surface area contributed by atoms with Crippen LogP contribution in [0.2, 0.25) is 0 Å². The number of rotatable bonds is 6. The van der Waals surface area contributed by atoms with Crippen molar-refractivity contribution in [3.05, 3.63) is 23.5 Å². The van der Waals surface area contributed by atoms with Crippen LogP contribution in [-0.4, -0.2) is 29.1 Å². The minimum atomic E-state index is 0.0853. The molecule has 0 aliphatic carbocycles. The number of nitrogens with zero attached hydrogens (tertiary/aromatic N) is 1. The molecule has 3 nitrogen and oxygen atoms in total. The second-order valence-electron chi connectivity index (χ2n) is 5.34. The molecule has 0 aromatic carbocycles. The SMILES string of the molecule is CSCCOc1ccc(C)nc1CNC(C)(C)C. The van der Waals surface area contributed by atoms with E-state index in [2.05, 4.69) is 37.3 Å². The highest BCUT2D eigenvalue weighted by atomic mass is 32.2. The molecule has 0 fully saturated rings. The van der Waals surface area contributed by atoms with E-state index in [1.54, 1.807) is 11.8 Å². The molecule has 1 aromatic rings. The second-order valence-corrected chi connectivity index (χ2v) is 6.33. The Morgan fingerprint density at radius 1 is 1.33 bits per heavy atom. The summed E-state index contributed by atoms with van der Waals surface area (Å²) in [6.45, 7) is 9.92. The van der Waals surface area contributed by atoms with E-state index in [1.165, 1.54) is 0 Å². The van der Waals surface area contributed by atoms with Gasteiger partial charge in [-0.1, -0.05) is 0 Å². The van der Waals surface area contributed by atoms with Gasteiger partial charge in [0.05, 0.1) is 12.3 Å². The first-order valence-corrected chi connectivity index (χ1v) is 7.65. The number of pyridine rings is 1. The molecule has 0 spiro atoms. The second kappa shape index (κ2) is 7.00. The smallest absolute Gasteiger partial charge is 0.142 e. The molecule has 0 radical (unpaired) electrons. The largest absolute Gasteiger partial charge is 0.491 e. The molecular weight excluding hydrogens is 244 g/mol. The normalized spacial score (nSPS) is 11.6. The molecule has 0 atom stereocenters. The molecule has 1 heterocycles. The number of hydrogen-bond acceptors (Lipinski definition) is 4. The Kier molecular flexibility index (Phi) is 5.96. The van der Waals surface area contributed by atoms with Crippen molar-refractivity contribution in [1.29, 1.82) is 0 Å². The molecule has 0 bridgehead atoms. The summed E-state index contributed by atoms with van der Waals surface area (Å²) >= 11 is 1.79. The third kappa shape index (κ3) is 5.74. The number of aryl methyl sites for hydroxylation is 1. The van der Waals surface area contributed by atoms with Gasteiger partial charge in [0, 0.05) is 23.5 Å². The zero-order chi connectivity index (χ0) is 13.6. The Labute approximate surface area is 115 Å². The minimum absolute atomic E-state index is 0.0853. The monoisotopic (exact) mass is 268 g/mol. The average Bonchev–Trinajstić information content (AvgIpc) is 2.28. The maximum atomic E-state index is 5.77. The van der Waals surface area contributed by atoms with Gasteiger partial charge in [-0.15, -0.1) is 0 Å². The van der Waals surface area contributed by atoms with Gasteiger partial charge in [-0.05, 0) is 46.1 Å². The summed E-state index contributed by atoms with van der Waals surface area (Å²) in [4.78, 5) is 4.56. The van der Waals surface area contributed by atoms with Crippen molar-refractivity contribution in [2.75, 3.05) is 18.6 Å². The van der Waals surface area contributed by atoms with Crippen LogP contribution in [0.5, 0.6) is 5.75 Å². The molecule has 1 aromatic heterocycles. The molecular formula is C14H24N2OS. The van der Waals surface area contributed by atoms with Gasteiger partial charge >= 0.3 is 0 Å². The summed E-state index contributed by atoms with van der Waals surface area (Å²) in [5.74, 6) is 1.89. The minimum Gasteiger partial charge on any atom is -0.491 e. The predicted octanol–water partition coefficient (Wildman–Crippen LogP) is 3.02. The number of ether oxygens (including phenoxy) is 1. The predicted molar refractivity (Wildman–Crippen MR) is 79.4 cm³/mol. The Balaban J connectivity index is 2.70. The fourth-order valence-corrected chi connectivity index (χ4v) is 1.69. The van der Waals surface area contributed by atoms with E-state index < -0.39 is 0 Å². The van der Waals surface area contributed by atoms with Crippen molar-refractivity contribution in [2.24, 2.45) is 0 Å². The third-order valence-electron chi connectivity index (χ3n) is 2.40. The van der Waals surface area contributed by atoms with Crippen molar-refractivity contribution in [2.45, 2.75) is 39.8 Å². The summed E-state index contributed by atoms with van der Waals surface area (Å²) in [7, 11) is 0. The van der Waals surface area contributed by atoms with Crippen molar-refractivity contribution in [3.63, 3.8) is 0 Å². The topological polar surface area (TPSA) is 34.1 Å². The summed E-state index contributed by atoms with van der Waals surface area (Å²) in [5.41, 5.74) is 2.10. The first kappa shape index (κ1) is 15.3. The zero-order valence-corrected chi connectivity index (χ0v) is 12.9. The Bertz CT molecular complexity index is 375. The van der Waals surface area contributed by atoms with Crippen LogP contribution in [0, 0.1) is 6.92 Å². The van der Waals surface area contributed by atoms with Gasteiger partial charge in [0.1, 0.15) is 5.75 Å². The number of hydrogen-bond donors (Lipinski definition) is 1. The van der Waals surface area contributed by atoms with Crippen LogP contribution in [0.1, 0.15) is 32.2 Å². The molecule has 0 saturated heterocycles. The van der Waals surface area contributed by atoms with E-state index in [1.807, 2.05) is 19.1 Å². The van der Waals surface area contributed by atoms with Gasteiger partial charge in [0.15, 0.2) is 0 Å². The quantitative estimate of drug-likeness (QED) is 0.804. The first-order chi connectivity index (χ1) is 8.42. The maximum Gasteiger partial charge on any atom is 0.142 e. The van der Waals surface area contributed by atoms with E-state index in [0.717, 1.165) is 36.0 Å². The van der Waals surface area contributed by atoms with E-state index in [-0.39, 0.29) is 5.54 Å². The lowest BCUT2D eigenvalue weighted by molar-refractivity contribution is 0.332. The summed E-state index contributed by atoms with van der Waals surface area (Å²) in [5, 5.41) is 3.45. The molecule has 0 amide bonds. The molecule has 0 unspecified atom stereocenters. The van der Waals surface area contributed by atoms with Gasteiger partial charge in [0.25, 0.3) is 0 Å². The highest BCUT2D eigenvalue weighted by molar-refractivity contribution is 7.98. The molecule has 18 heavy (non-hydrogen) atoms. The number of thioether (sulfide) groups is 1. The summed E-state index contributed by atoms with van der Waals surface area (Å²) < 4.78 is 5.77. The Morgan fingerprint density at radius 2 is 2.06 bits per heavy atom. The van der Waals surface area contributed by atoms with E-state index in [4.69, 9.17) is 4.74 Å². The van der Waals surface area contributed by atoms with E-state index >= 15 is 0 Å². The van der Waals surface area contributed by atoms with Crippen LogP contribution in [0.4, 0.5) is 0 Å². The van der Waals surface area contributed by atoms with Crippen LogP contribution in [0.25, 0.3) is 0 Å². The lowest BCUT2D eigenvalue weighted by Crippen LogP contribution is -2.35. The molecule has 0 aliphatic heterocycles. The fourth-order valence-electron chi connectivity index (χ4n) is 1.44. The third-order valence-corrected chi connectivity index (χ3v) is 2.98. The maximum absolute atomic E-state index is 5.77. The van der Waals surface area contributed by atoms with Crippen LogP contribution in [0.3, 0.4) is 0 Å². The molecule has 102 valence electrons. The van der Waals surface area contributed by atoms with Crippen molar-refractivity contribution in [1.82, 2.24) is 10.3 Å². The number of nitrogens with one attached hydrogen (secondary N) is 1. The lowest BCUT2D eigenvalue weighted by atomic mass is 10.1. The molecule has 4 heteroatoms. The van der Waals surface area contributed by atoms with Crippen LogP contribution < -0.4 is 10.1 Å². The van der Waals surface area contributed by atoms with Gasteiger partial charge in [-0.3, -0.25) is 4.98 Å². The highest BCUT2D eigenvalue weighted by Crippen LogP contribution is 2.18. The molecule has 0 saturated carbocycles. The van der Waals surface area contributed by atoms with Crippen molar-refractivity contribution in [3.8, 4) is 5.75 Å². The summed E-state index contributed by atoms with van der Waals surface area (Å²) in [6, 6.07) is 4.01. The van der Waals surface area contributed by atoms with Gasteiger partial charge < -0.3 is 10.1 Å². The lowest BCUT2D eigenvalue weighted by Gasteiger charge is -2.21. The number of aromatic nitrogens is 1. The average molecular weight is 268 g/mol. The zero-order valence-electron chi connectivity index (χ0n) is 12.0. The first-order valence-electron chi connectivity index (χ1n) is 6.25. The van der Waals surface area contributed by atoms with E-state index in [9.17, 15) is 0 Å². The standard InChI is InChI=1S/C14H24N2OS/c1-11-6-7-13(17-8-9-18-5)12(16-11)10-15-14(2,3)4/h6-7,15H,8-10H2,1-5H3. The molecule has 1 N–H and O–H groups in total. The van der Waals surface area contributed by atoms with Gasteiger partial charge in [-0.25, -0.2) is 0 Å². The molecule has 0 aliphatic rings. The van der Waals surface area contributed by atoms with Crippen LogP contribution in [0.15, 0.2) is 12.1 Å².